The summed E-state index contributed by atoms with van der Waals surface area (Å²) in [5, 5.41) is 3.09. The molecule has 23 heavy (non-hydrogen) atoms. The molecule has 1 N–H and O–H groups in total. The molecule has 1 aliphatic rings. The Morgan fingerprint density at radius 1 is 1.26 bits per heavy atom. The van der Waals surface area contributed by atoms with Crippen LogP contribution in [0.15, 0.2) is 36.4 Å². The SMILES string of the molecule is CC/C=C\C(=O)Nc1cccc(C(=O)ON2C(=O)CCC2=O)c1. The smallest absolute Gasteiger partial charge is 0.325 e. The largest absolute Gasteiger partial charge is 0.363 e. The van der Waals surface area contributed by atoms with Gasteiger partial charge in [0.15, 0.2) is 0 Å². The Kier molecular flexibility index (Phi) is 5.24. The second-order valence-electron chi connectivity index (χ2n) is 4.84. The predicted octanol–water partition coefficient (Wildman–Crippen LogP) is 1.81. The first-order valence-corrected chi connectivity index (χ1v) is 7.17. The molecular formula is C16H16N2O5. The Balaban J connectivity index is 2.05. The van der Waals surface area contributed by atoms with E-state index in [9.17, 15) is 19.2 Å². The van der Waals surface area contributed by atoms with Gasteiger partial charge in [-0.25, -0.2) is 4.79 Å². The molecule has 1 aliphatic heterocycles. The van der Waals surface area contributed by atoms with E-state index in [-0.39, 0.29) is 24.3 Å². The highest BCUT2D eigenvalue weighted by molar-refractivity contribution is 6.03. The minimum absolute atomic E-state index is 0.0337. The zero-order valence-electron chi connectivity index (χ0n) is 12.6. The predicted molar refractivity (Wildman–Crippen MR) is 81.0 cm³/mol. The van der Waals surface area contributed by atoms with Crippen molar-refractivity contribution in [2.45, 2.75) is 26.2 Å². The average molecular weight is 316 g/mol. The van der Waals surface area contributed by atoms with Gasteiger partial charge < -0.3 is 10.2 Å². The molecular weight excluding hydrogens is 300 g/mol. The second-order valence-corrected chi connectivity index (χ2v) is 4.84. The van der Waals surface area contributed by atoms with E-state index in [1.54, 1.807) is 18.2 Å². The molecule has 1 saturated heterocycles. The number of imide groups is 1. The van der Waals surface area contributed by atoms with Crippen molar-refractivity contribution in [3.05, 3.63) is 42.0 Å². The number of benzene rings is 1. The van der Waals surface area contributed by atoms with Gasteiger partial charge in [-0.1, -0.05) is 19.1 Å². The molecule has 120 valence electrons. The van der Waals surface area contributed by atoms with Crippen molar-refractivity contribution in [1.82, 2.24) is 5.06 Å². The average Bonchev–Trinajstić information content (AvgIpc) is 2.85. The van der Waals surface area contributed by atoms with Gasteiger partial charge in [-0.15, -0.1) is 5.06 Å². The number of nitrogens with one attached hydrogen (secondary N) is 1. The van der Waals surface area contributed by atoms with Crippen molar-refractivity contribution in [2.24, 2.45) is 0 Å². The number of nitrogens with zero attached hydrogens (tertiary/aromatic N) is 1. The summed E-state index contributed by atoms with van der Waals surface area (Å²) >= 11 is 0. The van der Waals surface area contributed by atoms with Gasteiger partial charge in [0.05, 0.1) is 5.56 Å². The Bertz CT molecular complexity index is 665. The summed E-state index contributed by atoms with van der Waals surface area (Å²) in [6.07, 6.45) is 3.90. The van der Waals surface area contributed by atoms with Gasteiger partial charge in [0.1, 0.15) is 0 Å². The van der Waals surface area contributed by atoms with Gasteiger partial charge >= 0.3 is 5.97 Å². The number of amides is 3. The number of hydrogen-bond donors (Lipinski definition) is 1. The molecule has 0 radical (unpaired) electrons. The highest BCUT2D eigenvalue weighted by atomic mass is 16.7. The summed E-state index contributed by atoms with van der Waals surface area (Å²) in [7, 11) is 0. The lowest BCUT2D eigenvalue weighted by Gasteiger charge is -2.13. The van der Waals surface area contributed by atoms with Crippen molar-refractivity contribution >= 4 is 29.4 Å². The fourth-order valence-corrected chi connectivity index (χ4v) is 1.93. The molecule has 1 aromatic rings. The van der Waals surface area contributed by atoms with E-state index in [1.807, 2.05) is 6.92 Å². The normalized spacial score (nSPS) is 14.4. The third-order valence-electron chi connectivity index (χ3n) is 3.05. The third kappa shape index (κ3) is 4.26. The van der Waals surface area contributed by atoms with E-state index < -0.39 is 17.8 Å². The van der Waals surface area contributed by atoms with Crippen LogP contribution in [0, 0.1) is 0 Å². The van der Waals surface area contributed by atoms with Crippen molar-refractivity contribution in [3.8, 4) is 0 Å². The Hall–Kier alpha value is -2.96. The molecule has 0 atom stereocenters. The van der Waals surface area contributed by atoms with Gasteiger partial charge in [0.2, 0.25) is 5.91 Å². The number of rotatable bonds is 5. The molecule has 1 heterocycles. The maximum atomic E-state index is 12.0. The van der Waals surface area contributed by atoms with Crippen molar-refractivity contribution < 1.29 is 24.0 Å². The minimum atomic E-state index is -0.839. The number of carbonyl (C=O) groups excluding carboxylic acids is 4. The molecule has 0 spiro atoms. The summed E-state index contributed by atoms with van der Waals surface area (Å²) in [5.41, 5.74) is 0.527. The molecule has 1 fully saturated rings. The van der Waals surface area contributed by atoms with E-state index in [2.05, 4.69) is 5.32 Å². The zero-order valence-corrected chi connectivity index (χ0v) is 12.6. The zero-order chi connectivity index (χ0) is 16.8. The van der Waals surface area contributed by atoms with Crippen LogP contribution in [-0.2, 0) is 19.2 Å². The van der Waals surface area contributed by atoms with Crippen molar-refractivity contribution in [2.75, 3.05) is 5.32 Å². The molecule has 1 aromatic carbocycles. The molecule has 0 aromatic heterocycles. The fraction of sp³-hybridized carbons (Fsp3) is 0.250. The lowest BCUT2D eigenvalue weighted by molar-refractivity contribution is -0.172. The minimum Gasteiger partial charge on any atom is -0.325 e. The van der Waals surface area contributed by atoms with Gasteiger partial charge in [0.25, 0.3) is 11.8 Å². The maximum absolute atomic E-state index is 12.0. The van der Waals surface area contributed by atoms with Gasteiger partial charge in [-0.3, -0.25) is 14.4 Å². The van der Waals surface area contributed by atoms with Crippen LogP contribution < -0.4 is 5.32 Å². The van der Waals surface area contributed by atoms with E-state index >= 15 is 0 Å². The number of allylic oxidation sites excluding steroid dienone is 1. The fourth-order valence-electron chi connectivity index (χ4n) is 1.93. The first-order valence-electron chi connectivity index (χ1n) is 7.17. The molecule has 0 saturated carbocycles. The van der Waals surface area contributed by atoms with E-state index in [0.717, 1.165) is 6.42 Å². The Labute approximate surface area is 132 Å². The van der Waals surface area contributed by atoms with Crippen LogP contribution in [-0.4, -0.2) is 28.8 Å². The lowest BCUT2D eigenvalue weighted by atomic mass is 10.2. The van der Waals surface area contributed by atoms with Crippen LogP contribution in [0.1, 0.15) is 36.5 Å². The Morgan fingerprint density at radius 3 is 2.61 bits per heavy atom. The molecule has 0 bridgehead atoms. The summed E-state index contributed by atoms with van der Waals surface area (Å²) in [6, 6.07) is 6.04. The number of hydroxylamine groups is 2. The van der Waals surface area contributed by atoms with Crippen molar-refractivity contribution in [3.63, 3.8) is 0 Å². The quantitative estimate of drug-likeness (QED) is 0.660. The van der Waals surface area contributed by atoms with Gasteiger partial charge in [-0.05, 0) is 30.7 Å². The van der Waals surface area contributed by atoms with Crippen LogP contribution in [0.25, 0.3) is 0 Å². The highest BCUT2D eigenvalue weighted by Crippen LogP contribution is 2.16. The second kappa shape index (κ2) is 7.35. The number of hydrogen-bond acceptors (Lipinski definition) is 5. The van der Waals surface area contributed by atoms with Gasteiger partial charge in [0, 0.05) is 18.5 Å². The first-order chi connectivity index (χ1) is 11.0. The molecule has 2 rings (SSSR count). The Morgan fingerprint density at radius 2 is 1.96 bits per heavy atom. The highest BCUT2D eigenvalue weighted by Gasteiger charge is 2.33. The summed E-state index contributed by atoms with van der Waals surface area (Å²) in [4.78, 5) is 51.3. The van der Waals surface area contributed by atoms with Crippen LogP contribution in [0.2, 0.25) is 0 Å². The van der Waals surface area contributed by atoms with Gasteiger partial charge in [-0.2, -0.15) is 0 Å². The topological polar surface area (TPSA) is 92.8 Å². The molecule has 3 amide bonds. The molecule has 7 nitrogen and oxygen atoms in total. The molecule has 0 unspecified atom stereocenters. The van der Waals surface area contributed by atoms with E-state index in [4.69, 9.17) is 4.84 Å². The maximum Gasteiger partial charge on any atom is 0.363 e. The van der Waals surface area contributed by atoms with Crippen LogP contribution in [0.4, 0.5) is 5.69 Å². The standard InChI is InChI=1S/C16H16N2O5/c1-2-3-7-13(19)17-12-6-4-5-11(10-12)16(22)23-18-14(20)8-9-15(18)21/h3-7,10H,2,8-9H2,1H3,(H,17,19)/b7-3-. The summed E-state index contributed by atoms with van der Waals surface area (Å²) in [5.74, 6) is -2.24. The lowest BCUT2D eigenvalue weighted by Crippen LogP contribution is -2.32. The van der Waals surface area contributed by atoms with Crippen molar-refractivity contribution in [1.29, 1.82) is 0 Å². The van der Waals surface area contributed by atoms with Crippen LogP contribution >= 0.6 is 0 Å². The van der Waals surface area contributed by atoms with Crippen LogP contribution in [0.3, 0.4) is 0 Å². The monoisotopic (exact) mass is 316 g/mol. The first kappa shape index (κ1) is 16.4. The number of carbonyl (C=O) groups is 4. The van der Waals surface area contributed by atoms with Crippen LogP contribution in [0.5, 0.6) is 0 Å². The van der Waals surface area contributed by atoms with E-state index in [1.165, 1.54) is 18.2 Å². The summed E-state index contributed by atoms with van der Waals surface area (Å²) < 4.78 is 0. The number of anilines is 1. The molecule has 0 aliphatic carbocycles. The third-order valence-corrected chi connectivity index (χ3v) is 3.05. The van der Waals surface area contributed by atoms with E-state index in [0.29, 0.717) is 10.8 Å². The summed E-state index contributed by atoms with van der Waals surface area (Å²) in [6.45, 7) is 1.90. The molecule has 7 heteroatoms.